The summed E-state index contributed by atoms with van der Waals surface area (Å²) in [6.07, 6.45) is 3.78. The summed E-state index contributed by atoms with van der Waals surface area (Å²) < 4.78 is 11.5. The number of hydrogen-bond donors (Lipinski definition) is 1. The fourth-order valence-corrected chi connectivity index (χ4v) is 6.54. The summed E-state index contributed by atoms with van der Waals surface area (Å²) in [5.41, 5.74) is 8.80. The summed E-state index contributed by atoms with van der Waals surface area (Å²) in [5.74, 6) is -0.364. The smallest absolute Gasteiger partial charge is 0.337 e. The van der Waals surface area contributed by atoms with Crippen molar-refractivity contribution >= 4 is 11.7 Å². The Morgan fingerprint density at radius 3 is 2.39 bits per heavy atom. The van der Waals surface area contributed by atoms with E-state index in [1.807, 2.05) is 46.9 Å². The normalized spacial score (nSPS) is 17.7. The lowest BCUT2D eigenvalue weighted by Crippen LogP contribution is -2.39. The molecule has 1 atom stereocenters. The Morgan fingerprint density at radius 2 is 1.77 bits per heavy atom. The van der Waals surface area contributed by atoms with Gasteiger partial charge in [-0.2, -0.15) is 0 Å². The second kappa shape index (κ2) is 12.5. The highest BCUT2D eigenvalue weighted by Gasteiger charge is 2.36. The monoisotopic (exact) mass is 600 g/mol. The Kier molecular flexibility index (Phi) is 9.06. The molecule has 1 saturated heterocycles. The van der Waals surface area contributed by atoms with E-state index in [4.69, 9.17) is 14.5 Å². The Balaban J connectivity index is 1.54. The third-order valence-corrected chi connectivity index (χ3v) is 8.97. The number of aliphatic carboxylic acids is 1. The van der Waals surface area contributed by atoms with Gasteiger partial charge in [0, 0.05) is 67.5 Å². The number of fused-ring (bicyclic) bond motifs is 1. The number of piperidine rings is 1. The summed E-state index contributed by atoms with van der Waals surface area (Å²) in [6.45, 7) is 18.7. The number of benzene rings is 1. The fourth-order valence-electron chi connectivity index (χ4n) is 6.54. The fraction of sp³-hybridized carbons (Fsp3) is 0.528. The Hall–Kier alpha value is -3.49. The molecule has 0 unspecified atom stereocenters. The lowest BCUT2D eigenvalue weighted by molar-refractivity contribution is -0.160. The summed E-state index contributed by atoms with van der Waals surface area (Å²) in [5, 5.41) is 10.5. The van der Waals surface area contributed by atoms with Crippen molar-refractivity contribution in [3.63, 3.8) is 0 Å². The summed E-state index contributed by atoms with van der Waals surface area (Å²) >= 11 is 0. The third-order valence-electron chi connectivity index (χ3n) is 8.97. The zero-order valence-corrected chi connectivity index (χ0v) is 27.7. The molecule has 8 nitrogen and oxygen atoms in total. The zero-order chi connectivity index (χ0) is 31.8. The van der Waals surface area contributed by atoms with Gasteiger partial charge in [-0.3, -0.25) is 9.88 Å². The van der Waals surface area contributed by atoms with Crippen molar-refractivity contribution < 1.29 is 19.4 Å². The molecule has 0 spiro atoms. The van der Waals surface area contributed by atoms with Gasteiger partial charge >= 0.3 is 5.97 Å². The van der Waals surface area contributed by atoms with Crippen LogP contribution in [-0.2, 0) is 29.0 Å². The summed E-state index contributed by atoms with van der Waals surface area (Å²) in [7, 11) is 1.63. The van der Waals surface area contributed by atoms with Crippen molar-refractivity contribution in [1.82, 2.24) is 14.9 Å². The molecule has 1 fully saturated rings. The lowest BCUT2D eigenvalue weighted by Gasteiger charge is -2.41. The van der Waals surface area contributed by atoms with Crippen LogP contribution in [0.3, 0.4) is 0 Å². The molecule has 2 aliphatic heterocycles. The van der Waals surface area contributed by atoms with Crippen LogP contribution in [0.5, 0.6) is 5.88 Å². The van der Waals surface area contributed by atoms with Crippen molar-refractivity contribution in [2.75, 3.05) is 31.6 Å². The van der Waals surface area contributed by atoms with Gasteiger partial charge in [-0.15, -0.1) is 0 Å². The number of aromatic nitrogens is 2. The molecule has 5 rings (SSSR count). The largest absolute Gasteiger partial charge is 0.481 e. The van der Waals surface area contributed by atoms with Gasteiger partial charge in [-0.05, 0) is 81.5 Å². The minimum Gasteiger partial charge on any atom is -0.481 e. The average Bonchev–Trinajstić information content (AvgIpc) is 2.95. The van der Waals surface area contributed by atoms with Crippen LogP contribution in [0.2, 0.25) is 0 Å². The first-order valence-electron chi connectivity index (χ1n) is 15.7. The quantitative estimate of drug-likeness (QED) is 0.299. The van der Waals surface area contributed by atoms with E-state index in [1.165, 1.54) is 16.7 Å². The molecule has 0 saturated carbocycles. The van der Waals surface area contributed by atoms with Gasteiger partial charge in [0.05, 0.1) is 18.4 Å². The number of aryl methyl sites for hydroxylation is 2. The van der Waals surface area contributed by atoms with Crippen LogP contribution >= 0.6 is 0 Å². The Labute approximate surface area is 262 Å². The molecule has 2 aromatic heterocycles. The van der Waals surface area contributed by atoms with Gasteiger partial charge in [0.25, 0.3) is 0 Å². The number of anilines is 1. The SMILES string of the molecule is COc1ccc(CN2CCc3cc(-c4c(C)nc(C)c([C@H](OC(C)(C)C)C(=O)O)c4N4CCC(C)(C)CC4)ccc3C2)cn1. The molecule has 0 radical (unpaired) electrons. The second-order valence-corrected chi connectivity index (χ2v) is 14.2. The minimum atomic E-state index is -1.12. The molecule has 2 aliphatic rings. The van der Waals surface area contributed by atoms with Crippen LogP contribution in [-0.4, -0.2) is 58.3 Å². The predicted octanol–water partition coefficient (Wildman–Crippen LogP) is 6.89. The molecule has 1 N–H and O–H groups in total. The van der Waals surface area contributed by atoms with Crippen LogP contribution in [0.1, 0.15) is 87.2 Å². The van der Waals surface area contributed by atoms with Crippen LogP contribution in [0.4, 0.5) is 5.69 Å². The maximum atomic E-state index is 12.8. The van der Waals surface area contributed by atoms with Crippen molar-refractivity contribution in [3.8, 4) is 17.0 Å². The van der Waals surface area contributed by atoms with Crippen molar-refractivity contribution in [2.45, 2.75) is 92.5 Å². The molecule has 8 heteroatoms. The van der Waals surface area contributed by atoms with Crippen LogP contribution < -0.4 is 9.64 Å². The molecule has 1 aromatic carbocycles. The highest BCUT2D eigenvalue weighted by atomic mass is 16.5. The molecule has 3 aromatic rings. The number of methoxy groups -OCH3 is 1. The number of carbonyl (C=O) groups is 1. The minimum absolute atomic E-state index is 0.252. The molecule has 0 aliphatic carbocycles. The average molecular weight is 601 g/mol. The van der Waals surface area contributed by atoms with Crippen LogP contribution in [0, 0.1) is 19.3 Å². The molecule has 4 heterocycles. The highest BCUT2D eigenvalue weighted by molar-refractivity contribution is 5.88. The third kappa shape index (κ3) is 7.08. The molecule has 0 bridgehead atoms. The Bertz CT molecular complexity index is 1500. The van der Waals surface area contributed by atoms with Gasteiger partial charge in [0.2, 0.25) is 5.88 Å². The van der Waals surface area contributed by atoms with Crippen LogP contribution in [0.15, 0.2) is 36.5 Å². The van der Waals surface area contributed by atoms with Crippen LogP contribution in [0.25, 0.3) is 11.1 Å². The number of ether oxygens (including phenoxy) is 2. The Morgan fingerprint density at radius 1 is 1.05 bits per heavy atom. The summed E-state index contributed by atoms with van der Waals surface area (Å²) in [6, 6.07) is 10.7. The number of carboxylic acid groups (broad SMARTS) is 1. The van der Waals surface area contributed by atoms with Gasteiger partial charge in [-0.25, -0.2) is 9.78 Å². The zero-order valence-electron chi connectivity index (χ0n) is 27.7. The number of pyridine rings is 2. The van der Waals surface area contributed by atoms with E-state index < -0.39 is 17.7 Å². The van der Waals surface area contributed by atoms with Gasteiger partial charge in [0.1, 0.15) is 0 Å². The van der Waals surface area contributed by atoms with E-state index in [-0.39, 0.29) is 5.41 Å². The maximum absolute atomic E-state index is 12.8. The topological polar surface area (TPSA) is 88.0 Å². The molecule has 0 amide bonds. The van der Waals surface area contributed by atoms with Gasteiger partial charge in [-0.1, -0.05) is 38.1 Å². The molecular weight excluding hydrogens is 552 g/mol. The number of rotatable bonds is 8. The number of nitrogens with zero attached hydrogens (tertiary/aromatic N) is 4. The van der Waals surface area contributed by atoms with Crippen molar-refractivity contribution in [2.24, 2.45) is 5.41 Å². The van der Waals surface area contributed by atoms with Crippen molar-refractivity contribution in [1.29, 1.82) is 0 Å². The van der Waals surface area contributed by atoms with Crippen molar-refractivity contribution in [3.05, 3.63) is 70.2 Å². The molecular formula is C36H48N4O4. The van der Waals surface area contributed by atoms with E-state index >= 15 is 0 Å². The van der Waals surface area contributed by atoms with E-state index in [1.54, 1.807) is 7.11 Å². The van der Waals surface area contributed by atoms with Gasteiger partial charge in [0.15, 0.2) is 6.10 Å². The lowest BCUT2D eigenvalue weighted by atomic mass is 9.81. The first-order valence-corrected chi connectivity index (χ1v) is 15.7. The summed E-state index contributed by atoms with van der Waals surface area (Å²) in [4.78, 5) is 27.0. The van der Waals surface area contributed by atoms with E-state index in [2.05, 4.69) is 52.9 Å². The number of carboxylic acids is 1. The van der Waals surface area contributed by atoms with E-state index in [9.17, 15) is 9.90 Å². The highest BCUT2D eigenvalue weighted by Crippen LogP contribution is 2.45. The van der Waals surface area contributed by atoms with E-state index in [0.29, 0.717) is 17.1 Å². The first kappa shape index (κ1) is 31.9. The second-order valence-electron chi connectivity index (χ2n) is 14.2. The van der Waals surface area contributed by atoms with E-state index in [0.717, 1.165) is 74.5 Å². The maximum Gasteiger partial charge on any atom is 0.337 e. The predicted molar refractivity (Wildman–Crippen MR) is 174 cm³/mol. The molecule has 236 valence electrons. The first-order chi connectivity index (χ1) is 20.7. The molecule has 44 heavy (non-hydrogen) atoms. The standard InChI is InChI=1S/C36H48N4O4/c1-23-30(27-10-11-28-22-39(16-13-26(28)19-27)21-25-9-12-29(43-8)37-20-25)32(40-17-14-36(6,7)15-18-40)31(24(2)38-23)33(34(41)42)44-35(3,4)5/h9-12,19-20,33H,13-18,21-22H2,1-8H3,(H,41,42)/t33-/m0/s1. The number of hydrogen-bond acceptors (Lipinski definition) is 7. The van der Waals surface area contributed by atoms with Gasteiger partial charge < -0.3 is 19.5 Å².